The van der Waals surface area contributed by atoms with Gasteiger partial charge < -0.3 is 4.74 Å². The molecule has 0 radical (unpaired) electrons. The topological polar surface area (TPSA) is 43.4 Å². The van der Waals surface area contributed by atoms with Gasteiger partial charge in [-0.1, -0.05) is 10.8 Å². The fourth-order valence-corrected chi connectivity index (χ4v) is 1.02. The summed E-state index contributed by atoms with van der Waals surface area (Å²) in [5.74, 6) is 0. The van der Waals surface area contributed by atoms with E-state index >= 15 is 0 Å². The van der Waals surface area contributed by atoms with Crippen LogP contribution in [0.1, 0.15) is 13.3 Å². The van der Waals surface area contributed by atoms with E-state index in [1.165, 1.54) is 6.92 Å². The third-order valence-corrected chi connectivity index (χ3v) is 2.12. The van der Waals surface area contributed by atoms with E-state index in [-0.39, 0.29) is 6.42 Å². The van der Waals surface area contributed by atoms with Crippen molar-refractivity contribution in [3.05, 3.63) is 0 Å². The van der Waals surface area contributed by atoms with Crippen molar-refractivity contribution in [2.24, 2.45) is 0 Å². The van der Waals surface area contributed by atoms with Crippen LogP contribution in [-0.4, -0.2) is 26.4 Å². The first-order chi connectivity index (χ1) is 6.06. The van der Waals surface area contributed by atoms with Crippen LogP contribution >= 0.6 is 0 Å². The molecule has 0 aromatic heterocycles. The molecule has 0 fully saturated rings. The van der Waals surface area contributed by atoms with Crippen molar-refractivity contribution < 1.29 is 34.6 Å². The number of rotatable bonds is 4. The predicted molar refractivity (Wildman–Crippen MR) is 36.2 cm³/mol. The first-order valence-corrected chi connectivity index (χ1v) is 4.78. The zero-order valence-electron chi connectivity index (χ0n) is 6.94. The summed E-state index contributed by atoms with van der Waals surface area (Å²) in [6.07, 6.45) is -6.05. The maximum Gasteiger partial charge on any atom is 0.467 e. The summed E-state index contributed by atoms with van der Waals surface area (Å²) in [5, 5.41) is -5.27. The van der Waals surface area contributed by atoms with Gasteiger partial charge in [-0.05, 0) is 6.42 Å². The molecule has 14 heavy (non-hydrogen) atoms. The molecule has 0 N–H and O–H groups in total. The minimum absolute atomic E-state index is 0.0860. The molecule has 0 spiro atoms. The van der Waals surface area contributed by atoms with Gasteiger partial charge in [-0.25, -0.2) is 0 Å². The number of alkyl halides is 4. The second-order valence-corrected chi connectivity index (χ2v) is 3.72. The van der Waals surface area contributed by atoms with Crippen LogP contribution in [0.5, 0.6) is 0 Å². The largest absolute Gasteiger partial charge is 0.467 e. The number of hydrogen-bond acceptors (Lipinski definition) is 3. The van der Waals surface area contributed by atoms with Crippen molar-refractivity contribution in [2.75, 3.05) is 6.61 Å². The van der Waals surface area contributed by atoms with Crippen LogP contribution in [-0.2, 0) is 15.0 Å². The molecule has 0 aliphatic heterocycles. The maximum atomic E-state index is 12.7. The molecule has 0 amide bonds. The van der Waals surface area contributed by atoms with Gasteiger partial charge in [0.2, 0.25) is 0 Å². The third kappa shape index (κ3) is 2.53. The van der Waals surface area contributed by atoms with Crippen LogP contribution in [0, 0.1) is 0 Å². The fourth-order valence-electron chi connectivity index (χ4n) is 0.524. The number of hydrogen-bond donors (Lipinski definition) is 0. The lowest BCUT2D eigenvalue weighted by Crippen LogP contribution is -2.48. The molecular weight excluding hydrogens is 235 g/mol. The molecule has 0 bridgehead atoms. The maximum absolute atomic E-state index is 12.7. The predicted octanol–water partition coefficient (Wildman–Crippen LogP) is 1.90. The van der Waals surface area contributed by atoms with Crippen LogP contribution in [0.3, 0.4) is 0 Å². The zero-order valence-corrected chi connectivity index (χ0v) is 7.75. The monoisotopic (exact) mass is 242 g/mol. The molecule has 0 saturated heterocycles. The molecule has 0 saturated carbocycles. The van der Waals surface area contributed by atoms with Crippen LogP contribution in [0.4, 0.5) is 21.4 Å². The molecule has 0 rings (SSSR count). The van der Waals surface area contributed by atoms with Crippen LogP contribution < -0.4 is 0 Å². The van der Waals surface area contributed by atoms with Crippen molar-refractivity contribution in [3.8, 4) is 0 Å². The third-order valence-electron chi connectivity index (χ3n) is 1.14. The molecule has 0 aromatic rings. The Morgan fingerprint density at radius 2 is 1.64 bits per heavy atom. The molecule has 9 heteroatoms. The Morgan fingerprint density at radius 3 is 1.86 bits per heavy atom. The van der Waals surface area contributed by atoms with Crippen molar-refractivity contribution in [1.29, 1.82) is 0 Å². The number of ether oxygens (including phenoxy) is 1. The summed E-state index contributed by atoms with van der Waals surface area (Å²) in [5.41, 5.74) is 0. The van der Waals surface area contributed by atoms with E-state index in [9.17, 15) is 29.9 Å². The Balaban J connectivity index is 5.08. The lowest BCUT2D eigenvalue weighted by molar-refractivity contribution is -0.290. The van der Waals surface area contributed by atoms with Crippen LogP contribution in [0.2, 0.25) is 0 Å². The van der Waals surface area contributed by atoms with E-state index in [0.717, 1.165) is 0 Å². The molecule has 1 unspecified atom stereocenters. The fraction of sp³-hybridized carbons (Fsp3) is 1.00. The van der Waals surface area contributed by atoms with Gasteiger partial charge in [0, 0.05) is 0 Å². The van der Waals surface area contributed by atoms with Gasteiger partial charge in [0.25, 0.3) is 0 Å². The molecule has 0 aliphatic carbocycles. The Morgan fingerprint density at radius 1 is 1.21 bits per heavy atom. The highest BCUT2D eigenvalue weighted by Crippen LogP contribution is 2.40. The summed E-state index contributed by atoms with van der Waals surface area (Å²) in [6, 6.07) is 0. The Bertz CT molecular complexity index is 284. The van der Waals surface area contributed by atoms with Crippen molar-refractivity contribution >= 4 is 10.2 Å². The molecule has 86 valence electrons. The highest BCUT2D eigenvalue weighted by Gasteiger charge is 2.68. The molecule has 0 aromatic carbocycles. The van der Waals surface area contributed by atoms with E-state index in [1.54, 1.807) is 0 Å². The summed E-state index contributed by atoms with van der Waals surface area (Å²) in [7, 11) is -6.51. The van der Waals surface area contributed by atoms with Crippen molar-refractivity contribution in [2.45, 2.75) is 24.7 Å². The quantitative estimate of drug-likeness (QED) is 0.558. The average Bonchev–Trinajstić information content (AvgIpc) is 1.95. The highest BCUT2D eigenvalue weighted by molar-refractivity contribution is 7.87. The van der Waals surface area contributed by atoms with E-state index in [4.69, 9.17) is 0 Å². The van der Waals surface area contributed by atoms with Crippen LogP contribution in [0.15, 0.2) is 0 Å². The second-order valence-electron chi connectivity index (χ2n) is 2.32. The smallest absolute Gasteiger partial charge is 0.325 e. The van der Waals surface area contributed by atoms with Gasteiger partial charge in [0.05, 0.1) is 6.61 Å². The van der Waals surface area contributed by atoms with E-state index in [1.807, 2.05) is 0 Å². The summed E-state index contributed by atoms with van der Waals surface area (Å²) >= 11 is 0. The minimum atomic E-state index is -6.51. The number of halogens is 5. The van der Waals surface area contributed by atoms with Gasteiger partial charge >= 0.3 is 21.6 Å². The van der Waals surface area contributed by atoms with E-state index in [2.05, 4.69) is 4.74 Å². The van der Waals surface area contributed by atoms with Gasteiger partial charge in [-0.3, -0.25) is 0 Å². The summed E-state index contributed by atoms with van der Waals surface area (Å²) in [6.45, 7) is 0.445. The first kappa shape index (κ1) is 13.6. The highest BCUT2D eigenvalue weighted by atomic mass is 32.3. The molecule has 3 nitrogen and oxygen atoms in total. The van der Waals surface area contributed by atoms with Crippen molar-refractivity contribution in [1.82, 2.24) is 0 Å². The van der Waals surface area contributed by atoms with Gasteiger partial charge in [-0.15, -0.1) is 0 Å². The lowest BCUT2D eigenvalue weighted by Gasteiger charge is -2.23. The van der Waals surface area contributed by atoms with Crippen molar-refractivity contribution in [3.63, 3.8) is 0 Å². The first-order valence-electron chi connectivity index (χ1n) is 3.40. The van der Waals surface area contributed by atoms with Crippen LogP contribution in [0.25, 0.3) is 0 Å². The Hall–Kier alpha value is -0.440. The van der Waals surface area contributed by atoms with E-state index < -0.39 is 28.2 Å². The second kappa shape index (κ2) is 3.97. The normalized spacial score (nSPS) is 17.9. The zero-order chi connectivity index (χ0) is 11.6. The molecular formula is C5H7F5O3S. The van der Waals surface area contributed by atoms with Gasteiger partial charge in [0.1, 0.15) is 0 Å². The average molecular weight is 242 g/mol. The minimum Gasteiger partial charge on any atom is -0.325 e. The standard InChI is InChI=1S/C5H7F5O3S/c1-2-3-13-5(9,4(6,7)8)14(10,11)12/h2-3H2,1H3. The molecule has 0 aliphatic rings. The molecule has 1 atom stereocenters. The van der Waals surface area contributed by atoms with E-state index in [0.29, 0.717) is 0 Å². The SMILES string of the molecule is CCCOC(F)(C(F)(F)F)S(=O)(=O)F. The van der Waals surface area contributed by atoms with Gasteiger partial charge in [-0.2, -0.15) is 26.0 Å². The Kier molecular flexibility index (Phi) is 3.85. The Labute approximate surface area is 77.1 Å². The summed E-state index contributed by atoms with van der Waals surface area (Å²) in [4.78, 5) is 0. The lowest BCUT2D eigenvalue weighted by atomic mass is 10.5. The summed E-state index contributed by atoms with van der Waals surface area (Å²) < 4.78 is 83.3. The molecule has 0 heterocycles. The van der Waals surface area contributed by atoms with Gasteiger partial charge in [0.15, 0.2) is 0 Å².